The van der Waals surface area contributed by atoms with Crippen molar-refractivity contribution < 1.29 is 4.84 Å². The highest BCUT2D eigenvalue weighted by molar-refractivity contribution is 7.18. The summed E-state index contributed by atoms with van der Waals surface area (Å²) in [6.45, 7) is 2.19. The molecule has 13 heavy (non-hydrogen) atoms. The van der Waals surface area contributed by atoms with Gasteiger partial charge in [0.25, 0.3) is 0 Å². The van der Waals surface area contributed by atoms with E-state index in [0.717, 1.165) is 12.1 Å². The molecule has 0 heterocycles. The molecule has 2 nitrogen and oxygen atoms in total. The molecule has 0 saturated carbocycles. The zero-order chi connectivity index (χ0) is 9.68. The topological polar surface area (TPSA) is 12.5 Å². The molecule has 1 unspecified atom stereocenters. The van der Waals surface area contributed by atoms with Gasteiger partial charge in [0, 0.05) is 0 Å². The average Bonchev–Trinajstić information content (AvgIpc) is 2.18. The van der Waals surface area contributed by atoms with Crippen molar-refractivity contribution in [3.8, 4) is 0 Å². The Morgan fingerprint density at radius 2 is 1.92 bits per heavy atom. The molecular weight excluding hydrogens is 181 g/mol. The summed E-state index contributed by atoms with van der Waals surface area (Å²) in [5.74, 6) is 0. The van der Waals surface area contributed by atoms with Crippen LogP contribution in [-0.2, 0) is 11.3 Å². The molecule has 0 aliphatic carbocycles. The van der Waals surface area contributed by atoms with Crippen molar-refractivity contribution in [2.45, 2.75) is 19.8 Å². The number of hydrogen-bond acceptors (Lipinski definition) is 2. The van der Waals surface area contributed by atoms with Gasteiger partial charge in [0.15, 0.2) is 0 Å². The quantitative estimate of drug-likeness (QED) is 0.543. The molecule has 1 rings (SSSR count). The Morgan fingerprint density at radius 3 is 2.38 bits per heavy atom. The maximum Gasteiger partial charge on any atom is 0.0671 e. The second kappa shape index (κ2) is 5.21. The number of aryl methyl sites for hydroxylation is 1. The fourth-order valence-electron chi connectivity index (χ4n) is 1.20. The molecule has 1 atom stereocenters. The number of rotatable bonds is 4. The lowest BCUT2D eigenvalue weighted by Gasteiger charge is -2.15. The minimum Gasteiger partial charge on any atom is -0.274 e. The van der Waals surface area contributed by atoms with Gasteiger partial charge in [0.2, 0.25) is 0 Å². The van der Waals surface area contributed by atoms with Crippen molar-refractivity contribution in [1.29, 1.82) is 0 Å². The smallest absolute Gasteiger partial charge is 0.0671 e. The zero-order valence-corrected chi connectivity index (χ0v) is 9.31. The van der Waals surface area contributed by atoms with Crippen molar-refractivity contribution in [3.63, 3.8) is 0 Å². The molecule has 0 radical (unpaired) electrons. The monoisotopic (exact) mass is 197 g/mol. The number of hydrogen-bond donors (Lipinski definition) is 0. The van der Waals surface area contributed by atoms with Gasteiger partial charge in [-0.15, -0.1) is 0 Å². The van der Waals surface area contributed by atoms with Gasteiger partial charge >= 0.3 is 0 Å². The molecule has 0 aliphatic rings. The van der Waals surface area contributed by atoms with Gasteiger partial charge < -0.3 is 0 Å². The Kier molecular flexibility index (Phi) is 4.20. The molecule has 0 N–H and O–H groups in total. The van der Waals surface area contributed by atoms with E-state index in [9.17, 15) is 0 Å². The van der Waals surface area contributed by atoms with Gasteiger partial charge in [0.05, 0.1) is 12.8 Å². The molecule has 3 heteroatoms. The zero-order valence-electron chi connectivity index (χ0n) is 8.16. The molecule has 0 fully saturated rings. The third-order valence-corrected chi connectivity index (χ3v) is 2.44. The Hall–Kier alpha value is -0.590. The van der Waals surface area contributed by atoms with Gasteiger partial charge in [-0.3, -0.25) is 4.84 Å². The number of nitrogens with zero attached hydrogens (tertiary/aromatic N) is 1. The van der Waals surface area contributed by atoms with Crippen LogP contribution in [0.5, 0.6) is 0 Å². The lowest BCUT2D eigenvalue weighted by atomic mass is 10.1. The second-order valence-corrected chi connectivity index (χ2v) is 3.39. The summed E-state index contributed by atoms with van der Waals surface area (Å²) >= 11 is 0. The van der Waals surface area contributed by atoms with Crippen molar-refractivity contribution in [2.75, 3.05) is 11.9 Å². The molecule has 0 bridgehead atoms. The summed E-state index contributed by atoms with van der Waals surface area (Å²) < 4.78 is 0. The molecular formula is C10H16NOP. The van der Waals surface area contributed by atoms with Gasteiger partial charge in [-0.05, 0) is 33.5 Å². The average molecular weight is 197 g/mol. The molecule has 0 aromatic heterocycles. The maximum absolute atomic E-state index is 5.03. The van der Waals surface area contributed by atoms with E-state index >= 15 is 0 Å². The highest BCUT2D eigenvalue weighted by Gasteiger charge is 1.98. The van der Waals surface area contributed by atoms with Crippen LogP contribution in [0.15, 0.2) is 24.3 Å². The summed E-state index contributed by atoms with van der Waals surface area (Å²) in [4.78, 5) is 6.69. The van der Waals surface area contributed by atoms with Gasteiger partial charge in [0.1, 0.15) is 0 Å². The Labute approximate surface area is 82.1 Å². The third-order valence-electron chi connectivity index (χ3n) is 1.93. The van der Waals surface area contributed by atoms with Crippen LogP contribution in [0.2, 0.25) is 0 Å². The minimum atomic E-state index is 1.05. The van der Waals surface area contributed by atoms with Crippen LogP contribution in [0.3, 0.4) is 0 Å². The Bertz CT molecular complexity index is 248. The highest BCUT2D eigenvalue weighted by atomic mass is 31.0. The second-order valence-electron chi connectivity index (χ2n) is 2.92. The lowest BCUT2D eigenvalue weighted by Crippen LogP contribution is -2.05. The van der Waals surface area contributed by atoms with E-state index in [1.807, 2.05) is 0 Å². The van der Waals surface area contributed by atoms with Gasteiger partial charge in [-0.25, -0.2) is 4.83 Å². The summed E-state index contributed by atoms with van der Waals surface area (Å²) in [5, 5.41) is 0. The first-order valence-electron chi connectivity index (χ1n) is 4.45. The normalized spacial score (nSPS) is 10.1. The predicted molar refractivity (Wildman–Crippen MR) is 59.6 cm³/mol. The Balaban J connectivity index is 2.69. The fourth-order valence-corrected chi connectivity index (χ4v) is 1.38. The van der Waals surface area contributed by atoms with E-state index < -0.39 is 0 Å². The van der Waals surface area contributed by atoms with E-state index in [2.05, 4.69) is 40.6 Å². The largest absolute Gasteiger partial charge is 0.274 e. The van der Waals surface area contributed by atoms with Crippen LogP contribution >= 0.6 is 9.39 Å². The van der Waals surface area contributed by atoms with Crippen LogP contribution < -0.4 is 4.83 Å². The van der Waals surface area contributed by atoms with Gasteiger partial charge in [-0.2, -0.15) is 0 Å². The first kappa shape index (κ1) is 10.5. The maximum atomic E-state index is 5.03. The number of anilines is 1. The van der Waals surface area contributed by atoms with Crippen LogP contribution in [-0.4, -0.2) is 7.11 Å². The van der Waals surface area contributed by atoms with E-state index in [1.54, 1.807) is 11.9 Å². The van der Waals surface area contributed by atoms with Crippen LogP contribution in [0.4, 0.5) is 5.69 Å². The Morgan fingerprint density at radius 1 is 1.31 bits per heavy atom. The summed E-state index contributed by atoms with van der Waals surface area (Å²) in [7, 11) is 4.15. The number of benzene rings is 1. The summed E-state index contributed by atoms with van der Waals surface area (Å²) in [5.41, 5.74) is 2.42. The highest BCUT2D eigenvalue weighted by Crippen LogP contribution is 2.18. The predicted octanol–water partition coefficient (Wildman–Crippen LogP) is 2.80. The molecule has 0 spiro atoms. The van der Waals surface area contributed by atoms with Crippen molar-refractivity contribution in [1.82, 2.24) is 0 Å². The van der Waals surface area contributed by atoms with Gasteiger partial charge in [-0.1, -0.05) is 25.5 Å². The SMILES string of the molecule is CCCc1ccc(N(P)OC)cc1. The van der Waals surface area contributed by atoms with Crippen LogP contribution in [0.25, 0.3) is 0 Å². The van der Waals surface area contributed by atoms with Crippen molar-refractivity contribution >= 4 is 15.1 Å². The van der Waals surface area contributed by atoms with Crippen LogP contribution in [0, 0.1) is 0 Å². The van der Waals surface area contributed by atoms with E-state index in [-0.39, 0.29) is 0 Å². The standard InChI is InChI=1S/C10H16NOP/c1-3-4-9-5-7-10(8-6-9)11(13)12-2/h5-8H,3-4,13H2,1-2H3. The van der Waals surface area contributed by atoms with Crippen molar-refractivity contribution in [2.24, 2.45) is 0 Å². The first-order chi connectivity index (χ1) is 6.27. The van der Waals surface area contributed by atoms with Crippen molar-refractivity contribution in [3.05, 3.63) is 29.8 Å². The molecule has 0 aliphatic heterocycles. The third kappa shape index (κ3) is 2.98. The molecule has 0 amide bonds. The van der Waals surface area contributed by atoms with Crippen LogP contribution in [0.1, 0.15) is 18.9 Å². The molecule has 1 aromatic rings. The molecule has 72 valence electrons. The van der Waals surface area contributed by atoms with E-state index in [4.69, 9.17) is 4.84 Å². The lowest BCUT2D eigenvalue weighted by molar-refractivity contribution is 0.225. The van der Waals surface area contributed by atoms with E-state index in [1.165, 1.54) is 12.0 Å². The summed E-state index contributed by atoms with van der Waals surface area (Å²) in [6, 6.07) is 8.38. The molecule has 0 saturated heterocycles. The first-order valence-corrected chi connectivity index (χ1v) is 4.97. The van der Waals surface area contributed by atoms with E-state index in [0.29, 0.717) is 0 Å². The minimum absolute atomic E-state index is 1.05. The fraction of sp³-hybridized carbons (Fsp3) is 0.400. The molecule has 1 aromatic carbocycles. The summed E-state index contributed by atoms with van der Waals surface area (Å²) in [6.07, 6.45) is 2.33.